The first kappa shape index (κ1) is 21.9. The number of β-amino-alcohol motifs (C(OH)–C–C–N with tert-alkyl or cyclic N) is 1. The predicted octanol–water partition coefficient (Wildman–Crippen LogP) is 1.12. The summed E-state index contributed by atoms with van der Waals surface area (Å²) in [6.07, 6.45) is 2.93. The molecule has 4 atom stereocenters. The summed E-state index contributed by atoms with van der Waals surface area (Å²) in [6.45, 7) is 7.69. The molecule has 1 heterocycles. The topological polar surface area (TPSA) is 69.8 Å². The lowest BCUT2D eigenvalue weighted by Gasteiger charge is -2.41. The summed E-state index contributed by atoms with van der Waals surface area (Å²) in [5.41, 5.74) is 5.79. The average molecular weight is 356 g/mol. The molecule has 2 unspecified atom stereocenters. The number of carbonyl (C=O) groups excluding carboxylic acids is 1. The lowest BCUT2D eigenvalue weighted by molar-refractivity contribution is -0.139. The number of rotatable bonds is 4. The zero-order valence-electron chi connectivity index (χ0n) is 13.6. The first-order valence-electron chi connectivity index (χ1n) is 7.94. The molecule has 0 bridgehead atoms. The number of hydrogen-bond donors (Lipinski definition) is 2. The van der Waals surface area contributed by atoms with Gasteiger partial charge < -0.3 is 15.7 Å². The Morgan fingerprint density at radius 3 is 2.55 bits per heavy atom. The molecule has 2 fully saturated rings. The molecule has 0 aromatic carbocycles. The van der Waals surface area contributed by atoms with Gasteiger partial charge in [0.15, 0.2) is 0 Å². The van der Waals surface area contributed by atoms with Crippen molar-refractivity contribution in [3.05, 3.63) is 0 Å². The van der Waals surface area contributed by atoms with E-state index in [2.05, 4.69) is 11.8 Å². The number of hydrogen-bond acceptors (Lipinski definition) is 4. The Labute approximate surface area is 146 Å². The molecule has 3 N–H and O–H groups in total. The van der Waals surface area contributed by atoms with Crippen molar-refractivity contribution in [3.8, 4) is 0 Å². The minimum Gasteiger partial charge on any atom is -0.392 e. The fourth-order valence-corrected chi connectivity index (χ4v) is 3.68. The first-order valence-corrected chi connectivity index (χ1v) is 7.94. The fraction of sp³-hybridized carbons (Fsp3) is 0.933. The van der Waals surface area contributed by atoms with Crippen LogP contribution in [-0.4, -0.2) is 65.7 Å². The Kier molecular flexibility index (Phi) is 9.90. The molecule has 1 aliphatic carbocycles. The lowest BCUT2D eigenvalue weighted by atomic mass is 9.94. The molecule has 0 aromatic rings. The minimum atomic E-state index is -0.309. The van der Waals surface area contributed by atoms with Gasteiger partial charge in [0.05, 0.1) is 6.10 Å². The highest BCUT2D eigenvalue weighted by Crippen LogP contribution is 2.32. The second-order valence-electron chi connectivity index (χ2n) is 6.51. The fourth-order valence-electron chi connectivity index (χ4n) is 3.68. The van der Waals surface area contributed by atoms with Gasteiger partial charge in [-0.15, -0.1) is 24.8 Å². The molecule has 0 spiro atoms. The van der Waals surface area contributed by atoms with Crippen molar-refractivity contribution in [2.75, 3.05) is 32.7 Å². The Morgan fingerprint density at radius 1 is 1.32 bits per heavy atom. The van der Waals surface area contributed by atoms with Gasteiger partial charge in [-0.3, -0.25) is 9.69 Å². The van der Waals surface area contributed by atoms with Crippen LogP contribution < -0.4 is 5.73 Å². The van der Waals surface area contributed by atoms with E-state index in [0.29, 0.717) is 31.0 Å². The Morgan fingerprint density at radius 2 is 2.00 bits per heavy atom. The van der Waals surface area contributed by atoms with Gasteiger partial charge in [-0.05, 0) is 39.2 Å². The van der Waals surface area contributed by atoms with Crippen molar-refractivity contribution in [3.63, 3.8) is 0 Å². The van der Waals surface area contributed by atoms with Crippen LogP contribution in [0.4, 0.5) is 0 Å². The molecule has 1 amide bonds. The number of aliphatic hydroxyl groups is 1. The Bertz CT molecular complexity index is 345. The molecule has 2 aliphatic rings. The molecule has 5 nitrogen and oxygen atoms in total. The van der Waals surface area contributed by atoms with Crippen LogP contribution in [0.1, 0.15) is 33.1 Å². The van der Waals surface area contributed by atoms with Crippen molar-refractivity contribution in [2.24, 2.45) is 17.6 Å². The molecular weight excluding hydrogens is 325 g/mol. The smallest absolute Gasteiger partial charge is 0.226 e. The van der Waals surface area contributed by atoms with Gasteiger partial charge in [-0.25, -0.2) is 0 Å². The highest BCUT2D eigenvalue weighted by Gasteiger charge is 2.36. The zero-order chi connectivity index (χ0) is 14.7. The highest BCUT2D eigenvalue weighted by molar-refractivity contribution is 5.85. The van der Waals surface area contributed by atoms with Crippen LogP contribution in [0.15, 0.2) is 0 Å². The second kappa shape index (κ2) is 9.93. The highest BCUT2D eigenvalue weighted by atomic mass is 35.5. The summed E-state index contributed by atoms with van der Waals surface area (Å²) in [4.78, 5) is 16.9. The molecule has 7 heteroatoms. The maximum atomic E-state index is 12.6. The molecule has 132 valence electrons. The van der Waals surface area contributed by atoms with Crippen LogP contribution in [0, 0.1) is 11.8 Å². The van der Waals surface area contributed by atoms with Crippen LogP contribution in [0.3, 0.4) is 0 Å². The van der Waals surface area contributed by atoms with Gasteiger partial charge in [-0.2, -0.15) is 0 Å². The van der Waals surface area contributed by atoms with E-state index in [1.807, 2.05) is 11.8 Å². The van der Waals surface area contributed by atoms with Crippen LogP contribution in [0.5, 0.6) is 0 Å². The number of aliphatic hydroxyl groups excluding tert-OH is 1. The number of nitrogens with two attached hydrogens (primary N) is 1. The zero-order valence-corrected chi connectivity index (χ0v) is 15.2. The maximum absolute atomic E-state index is 12.6. The van der Waals surface area contributed by atoms with Gasteiger partial charge in [0.25, 0.3) is 0 Å². The van der Waals surface area contributed by atoms with Crippen LogP contribution >= 0.6 is 24.8 Å². The van der Waals surface area contributed by atoms with Gasteiger partial charge in [-0.1, -0.05) is 6.42 Å². The van der Waals surface area contributed by atoms with Gasteiger partial charge in [0, 0.05) is 38.1 Å². The van der Waals surface area contributed by atoms with E-state index in [-0.39, 0.29) is 36.8 Å². The SMILES string of the molecule is CC(O)CN1CCN(C(=O)[C@@H]2CCC[C@@H]2CN)CC1C.Cl.Cl. The third-order valence-electron chi connectivity index (χ3n) is 4.85. The lowest BCUT2D eigenvalue weighted by Crippen LogP contribution is -2.56. The summed E-state index contributed by atoms with van der Waals surface area (Å²) in [5.74, 6) is 0.838. The monoisotopic (exact) mass is 355 g/mol. The van der Waals surface area contributed by atoms with Crippen molar-refractivity contribution in [2.45, 2.75) is 45.3 Å². The Hall–Kier alpha value is -0.0700. The summed E-state index contributed by atoms with van der Waals surface area (Å²) in [7, 11) is 0. The largest absolute Gasteiger partial charge is 0.392 e. The molecule has 1 saturated carbocycles. The van der Waals surface area contributed by atoms with Crippen LogP contribution in [0.25, 0.3) is 0 Å². The average Bonchev–Trinajstić information content (AvgIpc) is 2.88. The molecule has 1 saturated heterocycles. The summed E-state index contributed by atoms with van der Waals surface area (Å²) < 4.78 is 0. The molecular formula is C15H31Cl2N3O2. The maximum Gasteiger partial charge on any atom is 0.226 e. The van der Waals surface area contributed by atoms with Gasteiger partial charge >= 0.3 is 0 Å². The van der Waals surface area contributed by atoms with Gasteiger partial charge in [0.1, 0.15) is 0 Å². The molecule has 0 radical (unpaired) electrons. The predicted molar refractivity (Wildman–Crippen MR) is 93.7 cm³/mol. The normalized spacial score (nSPS) is 30.4. The van der Waals surface area contributed by atoms with Crippen molar-refractivity contribution >= 4 is 30.7 Å². The van der Waals surface area contributed by atoms with E-state index in [1.165, 1.54) is 0 Å². The quantitative estimate of drug-likeness (QED) is 0.792. The number of nitrogens with zero attached hydrogens (tertiary/aromatic N) is 2. The third kappa shape index (κ3) is 5.24. The molecule has 2 rings (SSSR count). The molecule has 0 aromatic heterocycles. The summed E-state index contributed by atoms with van der Waals surface area (Å²) >= 11 is 0. The van der Waals surface area contributed by atoms with Gasteiger partial charge in [0.2, 0.25) is 5.91 Å². The standard InChI is InChI=1S/C15H29N3O2.2ClH/c1-11-9-18(7-6-17(11)10-12(2)19)15(20)14-5-3-4-13(14)8-16;;/h11-14,19H,3-10,16H2,1-2H3;2*1H/t11?,12?,13-,14-;;/m1../s1. The second-order valence-corrected chi connectivity index (χ2v) is 6.51. The van der Waals surface area contributed by atoms with E-state index in [9.17, 15) is 9.90 Å². The number of piperazine rings is 1. The third-order valence-corrected chi connectivity index (χ3v) is 4.85. The number of amides is 1. The van der Waals surface area contributed by atoms with Crippen molar-refractivity contribution in [1.82, 2.24) is 9.80 Å². The van der Waals surface area contributed by atoms with E-state index in [1.54, 1.807) is 0 Å². The Balaban J connectivity index is 0.00000220. The van der Waals surface area contributed by atoms with Crippen molar-refractivity contribution in [1.29, 1.82) is 0 Å². The summed E-state index contributed by atoms with van der Waals surface area (Å²) in [6, 6.07) is 0.319. The van der Waals surface area contributed by atoms with E-state index < -0.39 is 0 Å². The van der Waals surface area contributed by atoms with Crippen molar-refractivity contribution < 1.29 is 9.90 Å². The first-order chi connectivity index (χ1) is 9.52. The van der Waals surface area contributed by atoms with Crippen LogP contribution in [0.2, 0.25) is 0 Å². The van der Waals surface area contributed by atoms with E-state index in [4.69, 9.17) is 5.73 Å². The number of halogens is 2. The minimum absolute atomic E-state index is 0. The summed E-state index contributed by atoms with van der Waals surface area (Å²) in [5, 5.41) is 9.50. The molecule has 1 aliphatic heterocycles. The van der Waals surface area contributed by atoms with E-state index in [0.717, 1.165) is 38.9 Å². The number of carbonyl (C=O) groups is 1. The van der Waals surface area contributed by atoms with Crippen LogP contribution in [-0.2, 0) is 4.79 Å². The molecule has 22 heavy (non-hydrogen) atoms. The van der Waals surface area contributed by atoms with E-state index >= 15 is 0 Å².